The highest BCUT2D eigenvalue weighted by Gasteiger charge is 2.16. The molecule has 120 valence electrons. The Balaban J connectivity index is 2.34. The lowest BCUT2D eigenvalue weighted by atomic mass is 9.90. The van der Waals surface area contributed by atoms with Crippen LogP contribution in [0.15, 0.2) is 36.4 Å². The fourth-order valence-corrected chi connectivity index (χ4v) is 2.82. The number of nitrogens with zero attached hydrogens (tertiary/aromatic N) is 1. The Kier molecular flexibility index (Phi) is 5.65. The van der Waals surface area contributed by atoms with Crippen molar-refractivity contribution >= 4 is 0 Å². The molecule has 3 nitrogen and oxygen atoms in total. The molecule has 0 aliphatic rings. The van der Waals surface area contributed by atoms with Crippen LogP contribution in [0.5, 0.6) is 11.5 Å². The van der Waals surface area contributed by atoms with Crippen molar-refractivity contribution in [2.45, 2.75) is 32.6 Å². The zero-order valence-corrected chi connectivity index (χ0v) is 14.2. The second-order valence-electron chi connectivity index (χ2n) is 5.63. The van der Waals surface area contributed by atoms with Crippen LogP contribution in [0.25, 0.3) is 0 Å². The maximum Gasteiger partial charge on any atom is 0.122 e. The van der Waals surface area contributed by atoms with Crippen molar-refractivity contribution in [3.05, 3.63) is 58.7 Å². The Bertz CT molecular complexity index is 716. The van der Waals surface area contributed by atoms with Crippen LogP contribution in [-0.2, 0) is 12.8 Å². The molecule has 1 atom stereocenters. The van der Waals surface area contributed by atoms with Crippen LogP contribution in [0.2, 0.25) is 0 Å². The van der Waals surface area contributed by atoms with Crippen LogP contribution in [0.1, 0.15) is 35.1 Å². The van der Waals surface area contributed by atoms with Gasteiger partial charge >= 0.3 is 0 Å². The molecular weight excluding hydrogens is 286 g/mol. The van der Waals surface area contributed by atoms with E-state index < -0.39 is 0 Å². The maximum absolute atomic E-state index is 9.64. The minimum atomic E-state index is -0.207. The minimum Gasteiger partial charge on any atom is -0.496 e. The first-order valence-electron chi connectivity index (χ1n) is 7.82. The van der Waals surface area contributed by atoms with Crippen LogP contribution in [0.4, 0.5) is 0 Å². The lowest BCUT2D eigenvalue weighted by Gasteiger charge is -2.15. The highest BCUT2D eigenvalue weighted by molar-refractivity contribution is 5.43. The molecule has 0 aromatic heterocycles. The van der Waals surface area contributed by atoms with E-state index in [2.05, 4.69) is 25.1 Å². The Morgan fingerprint density at radius 2 is 1.65 bits per heavy atom. The average Bonchev–Trinajstić information content (AvgIpc) is 2.59. The summed E-state index contributed by atoms with van der Waals surface area (Å²) in [6.07, 6.45) is 1.51. The van der Waals surface area contributed by atoms with Crippen LogP contribution < -0.4 is 9.47 Å². The van der Waals surface area contributed by atoms with Gasteiger partial charge in [-0.2, -0.15) is 5.26 Å². The summed E-state index contributed by atoms with van der Waals surface area (Å²) < 4.78 is 10.8. The van der Waals surface area contributed by atoms with E-state index in [9.17, 15) is 5.26 Å². The molecule has 3 heteroatoms. The first-order valence-corrected chi connectivity index (χ1v) is 7.82. The smallest absolute Gasteiger partial charge is 0.122 e. The first kappa shape index (κ1) is 16.9. The number of benzene rings is 2. The fraction of sp³-hybridized carbons (Fsp3) is 0.350. The molecule has 0 saturated carbocycles. The van der Waals surface area contributed by atoms with Gasteiger partial charge in [-0.3, -0.25) is 0 Å². The number of hydrogen-bond acceptors (Lipinski definition) is 3. The molecule has 0 saturated heterocycles. The van der Waals surface area contributed by atoms with Gasteiger partial charge in [0.25, 0.3) is 0 Å². The van der Waals surface area contributed by atoms with Gasteiger partial charge in [-0.15, -0.1) is 0 Å². The van der Waals surface area contributed by atoms with E-state index in [1.807, 2.05) is 31.2 Å². The van der Waals surface area contributed by atoms with Crippen LogP contribution >= 0.6 is 0 Å². The molecule has 2 rings (SSSR count). The predicted octanol–water partition coefficient (Wildman–Crippen LogP) is 4.42. The molecule has 0 radical (unpaired) electrons. The van der Waals surface area contributed by atoms with Crippen LogP contribution in [-0.4, -0.2) is 14.2 Å². The summed E-state index contributed by atoms with van der Waals surface area (Å²) in [4.78, 5) is 0. The van der Waals surface area contributed by atoms with E-state index in [1.165, 1.54) is 5.56 Å². The zero-order valence-electron chi connectivity index (χ0n) is 14.2. The first-order chi connectivity index (χ1) is 11.1. The molecule has 0 bridgehead atoms. The second-order valence-corrected chi connectivity index (χ2v) is 5.63. The Morgan fingerprint density at radius 1 is 1.00 bits per heavy atom. The van der Waals surface area contributed by atoms with Gasteiger partial charge in [0.2, 0.25) is 0 Å². The standard InChI is InChI=1S/C20H23NO2/c1-5-15-11-16(7-9-19(15)22-3)18(13-21)12-17-10-14(2)6-8-20(17)23-4/h6-11,18H,5,12H2,1-4H3. The van der Waals surface area contributed by atoms with Crippen molar-refractivity contribution in [2.75, 3.05) is 14.2 Å². The van der Waals surface area contributed by atoms with E-state index in [0.717, 1.165) is 34.6 Å². The van der Waals surface area contributed by atoms with Gasteiger partial charge in [0.15, 0.2) is 0 Å². The van der Waals surface area contributed by atoms with E-state index in [0.29, 0.717) is 6.42 Å². The molecule has 2 aromatic carbocycles. The van der Waals surface area contributed by atoms with Gasteiger partial charge < -0.3 is 9.47 Å². The monoisotopic (exact) mass is 309 g/mol. The summed E-state index contributed by atoms with van der Waals surface area (Å²) in [5, 5.41) is 9.64. The predicted molar refractivity (Wildman–Crippen MR) is 92.2 cm³/mol. The summed E-state index contributed by atoms with van der Waals surface area (Å²) >= 11 is 0. The van der Waals surface area contributed by atoms with Crippen molar-refractivity contribution in [1.29, 1.82) is 5.26 Å². The molecular formula is C20H23NO2. The maximum atomic E-state index is 9.64. The summed E-state index contributed by atoms with van der Waals surface area (Å²) in [5.41, 5.74) is 4.38. The van der Waals surface area contributed by atoms with Gasteiger partial charge in [-0.1, -0.05) is 36.8 Å². The highest BCUT2D eigenvalue weighted by atomic mass is 16.5. The molecule has 1 unspecified atom stereocenters. The van der Waals surface area contributed by atoms with Crippen molar-refractivity contribution in [2.24, 2.45) is 0 Å². The molecule has 23 heavy (non-hydrogen) atoms. The van der Waals surface area contributed by atoms with Gasteiger partial charge in [-0.05, 0) is 48.6 Å². The zero-order chi connectivity index (χ0) is 16.8. The molecule has 0 aliphatic heterocycles. The van der Waals surface area contributed by atoms with Gasteiger partial charge in [0.05, 0.1) is 26.2 Å². The van der Waals surface area contributed by atoms with E-state index in [4.69, 9.17) is 9.47 Å². The molecule has 0 spiro atoms. The third kappa shape index (κ3) is 3.84. The quantitative estimate of drug-likeness (QED) is 0.793. The van der Waals surface area contributed by atoms with E-state index in [-0.39, 0.29) is 5.92 Å². The number of rotatable bonds is 6. The normalized spacial score (nSPS) is 11.6. The summed E-state index contributed by atoms with van der Waals surface area (Å²) in [6, 6.07) is 14.5. The Labute approximate surface area is 138 Å². The number of aryl methyl sites for hydroxylation is 2. The molecule has 0 fully saturated rings. The van der Waals surface area contributed by atoms with Crippen LogP contribution in [0, 0.1) is 18.3 Å². The summed E-state index contributed by atoms with van der Waals surface area (Å²) in [7, 11) is 3.34. The second kappa shape index (κ2) is 7.69. The molecule has 0 amide bonds. The van der Waals surface area contributed by atoms with Gasteiger partial charge in [0, 0.05) is 0 Å². The van der Waals surface area contributed by atoms with Crippen molar-refractivity contribution in [1.82, 2.24) is 0 Å². The Morgan fingerprint density at radius 3 is 2.26 bits per heavy atom. The van der Waals surface area contributed by atoms with Crippen LogP contribution in [0.3, 0.4) is 0 Å². The van der Waals surface area contributed by atoms with Gasteiger partial charge in [0.1, 0.15) is 11.5 Å². The molecule has 0 heterocycles. The largest absolute Gasteiger partial charge is 0.496 e. The van der Waals surface area contributed by atoms with Crippen molar-refractivity contribution in [3.63, 3.8) is 0 Å². The fourth-order valence-electron chi connectivity index (χ4n) is 2.82. The minimum absolute atomic E-state index is 0.207. The van der Waals surface area contributed by atoms with Crippen molar-refractivity contribution < 1.29 is 9.47 Å². The lowest BCUT2D eigenvalue weighted by molar-refractivity contribution is 0.408. The highest BCUT2D eigenvalue weighted by Crippen LogP contribution is 2.30. The van der Waals surface area contributed by atoms with Crippen molar-refractivity contribution in [3.8, 4) is 17.6 Å². The lowest BCUT2D eigenvalue weighted by Crippen LogP contribution is -2.04. The molecule has 0 N–H and O–H groups in total. The summed E-state index contributed by atoms with van der Waals surface area (Å²) in [6.45, 7) is 4.14. The molecule has 2 aromatic rings. The summed E-state index contributed by atoms with van der Waals surface area (Å²) in [5.74, 6) is 1.50. The number of hydrogen-bond donors (Lipinski definition) is 0. The third-order valence-electron chi connectivity index (χ3n) is 4.10. The van der Waals surface area contributed by atoms with E-state index in [1.54, 1.807) is 14.2 Å². The number of methoxy groups -OCH3 is 2. The molecule has 0 aliphatic carbocycles. The van der Waals surface area contributed by atoms with E-state index >= 15 is 0 Å². The number of nitriles is 1. The SMILES string of the molecule is CCc1cc(C(C#N)Cc2cc(C)ccc2OC)ccc1OC. The third-order valence-corrected chi connectivity index (χ3v) is 4.10. The van der Waals surface area contributed by atoms with Gasteiger partial charge in [-0.25, -0.2) is 0 Å². The topological polar surface area (TPSA) is 42.2 Å². The average molecular weight is 309 g/mol. The number of ether oxygens (including phenoxy) is 2. The Hall–Kier alpha value is -2.47.